The van der Waals surface area contributed by atoms with Crippen molar-refractivity contribution in [1.82, 2.24) is 14.8 Å². The molecular formula is C18H23N3O4S. The van der Waals surface area contributed by atoms with E-state index >= 15 is 0 Å². The number of H-pyrrole nitrogens is 1. The number of nitrogens with zero attached hydrogens (tertiary/aromatic N) is 2. The Morgan fingerprint density at radius 1 is 1.19 bits per heavy atom. The third-order valence-electron chi connectivity index (χ3n) is 5.59. The van der Waals surface area contributed by atoms with Crippen molar-refractivity contribution in [2.24, 2.45) is 0 Å². The summed E-state index contributed by atoms with van der Waals surface area (Å²) in [5, 5.41) is 10.8. The van der Waals surface area contributed by atoms with Crippen molar-refractivity contribution in [3.05, 3.63) is 36.0 Å². The number of aromatic amines is 1. The number of hydrogen-bond acceptors (Lipinski definition) is 5. The number of carboxylic acids is 1. The van der Waals surface area contributed by atoms with Gasteiger partial charge in [-0.2, -0.15) is 0 Å². The molecule has 140 valence electrons. The lowest BCUT2D eigenvalue weighted by Gasteiger charge is -2.39. The van der Waals surface area contributed by atoms with Crippen LogP contribution in [-0.2, 0) is 14.6 Å². The normalized spacial score (nSPS) is 25.5. The van der Waals surface area contributed by atoms with Crippen LogP contribution in [0.3, 0.4) is 0 Å². The standard InChI is InChI=1S/C18H23N3O4S/c22-18(23)17(15-11-19-16-4-2-1-3-14(15)16)21-8-6-20(7-9-21)13-5-10-26(24,25)12-13/h1-4,11,13,17,19H,5-10,12H2,(H,22,23)/t13-,17+/m0/s1. The predicted molar refractivity (Wildman–Crippen MR) is 98.9 cm³/mol. The Kier molecular flexibility index (Phi) is 4.50. The van der Waals surface area contributed by atoms with Crippen LogP contribution in [0.15, 0.2) is 30.5 Å². The molecule has 8 heteroatoms. The van der Waals surface area contributed by atoms with E-state index in [4.69, 9.17) is 0 Å². The molecule has 1 aromatic heterocycles. The highest BCUT2D eigenvalue weighted by Crippen LogP contribution is 2.30. The fourth-order valence-electron chi connectivity index (χ4n) is 4.23. The van der Waals surface area contributed by atoms with E-state index in [0.717, 1.165) is 16.5 Å². The average molecular weight is 377 g/mol. The van der Waals surface area contributed by atoms with E-state index in [-0.39, 0.29) is 17.5 Å². The number of rotatable bonds is 4. The zero-order valence-electron chi connectivity index (χ0n) is 14.5. The molecule has 0 unspecified atom stereocenters. The number of fused-ring (bicyclic) bond motifs is 1. The van der Waals surface area contributed by atoms with Gasteiger partial charge in [-0.3, -0.25) is 14.6 Å². The highest BCUT2D eigenvalue weighted by molar-refractivity contribution is 7.91. The van der Waals surface area contributed by atoms with Crippen LogP contribution in [0.1, 0.15) is 18.0 Å². The van der Waals surface area contributed by atoms with Crippen LogP contribution in [0.4, 0.5) is 0 Å². The largest absolute Gasteiger partial charge is 0.480 e. The zero-order chi connectivity index (χ0) is 18.3. The molecule has 0 aliphatic carbocycles. The van der Waals surface area contributed by atoms with Gasteiger partial charge in [0.15, 0.2) is 9.84 Å². The van der Waals surface area contributed by atoms with E-state index in [1.165, 1.54) is 0 Å². The average Bonchev–Trinajstić information content (AvgIpc) is 3.19. The van der Waals surface area contributed by atoms with Gasteiger partial charge in [0.05, 0.1) is 11.5 Å². The number of hydrogen-bond donors (Lipinski definition) is 2. The second-order valence-corrected chi connectivity index (χ2v) is 9.39. The molecule has 3 heterocycles. The van der Waals surface area contributed by atoms with Crippen molar-refractivity contribution in [2.45, 2.75) is 18.5 Å². The van der Waals surface area contributed by atoms with Crippen molar-refractivity contribution >= 4 is 26.7 Å². The maximum absolute atomic E-state index is 12.0. The van der Waals surface area contributed by atoms with Crippen LogP contribution in [0, 0.1) is 0 Å². The summed E-state index contributed by atoms with van der Waals surface area (Å²) in [6.45, 7) is 2.64. The summed E-state index contributed by atoms with van der Waals surface area (Å²) in [4.78, 5) is 19.4. The molecule has 0 radical (unpaired) electrons. The van der Waals surface area contributed by atoms with Gasteiger partial charge in [0, 0.05) is 54.9 Å². The quantitative estimate of drug-likeness (QED) is 0.829. The van der Waals surface area contributed by atoms with Crippen LogP contribution in [0.2, 0.25) is 0 Å². The van der Waals surface area contributed by atoms with Gasteiger partial charge in [0.25, 0.3) is 0 Å². The highest BCUT2D eigenvalue weighted by Gasteiger charge is 2.37. The number of aliphatic carboxylic acids is 1. The van der Waals surface area contributed by atoms with Crippen molar-refractivity contribution in [3.8, 4) is 0 Å². The first-order chi connectivity index (χ1) is 12.4. The molecule has 2 aliphatic rings. The SMILES string of the molecule is O=C(O)[C@@H](c1c[nH]c2ccccc12)N1CCN([C@H]2CCS(=O)(=O)C2)CC1. The lowest BCUT2D eigenvalue weighted by atomic mass is 10.0. The van der Waals surface area contributed by atoms with Gasteiger partial charge in [-0.1, -0.05) is 18.2 Å². The molecule has 4 rings (SSSR count). The minimum absolute atomic E-state index is 0.0820. The van der Waals surface area contributed by atoms with Gasteiger partial charge in [0.1, 0.15) is 6.04 Å². The Balaban J connectivity index is 1.50. The summed E-state index contributed by atoms with van der Waals surface area (Å²) in [6.07, 6.45) is 2.48. The van der Waals surface area contributed by atoms with E-state index in [2.05, 4.69) is 9.88 Å². The second kappa shape index (κ2) is 6.68. The van der Waals surface area contributed by atoms with Gasteiger partial charge in [0.2, 0.25) is 0 Å². The molecule has 2 atom stereocenters. The third kappa shape index (κ3) is 3.24. The molecule has 0 bridgehead atoms. The maximum atomic E-state index is 12.0. The molecular weight excluding hydrogens is 354 g/mol. The maximum Gasteiger partial charge on any atom is 0.325 e. The van der Waals surface area contributed by atoms with Crippen LogP contribution in [0.5, 0.6) is 0 Å². The molecule has 0 saturated carbocycles. The summed E-state index contributed by atoms with van der Waals surface area (Å²) >= 11 is 0. The topological polar surface area (TPSA) is 93.7 Å². The smallest absolute Gasteiger partial charge is 0.325 e. The molecule has 26 heavy (non-hydrogen) atoms. The molecule has 2 aromatic rings. The summed E-state index contributed by atoms with van der Waals surface area (Å²) in [7, 11) is -2.90. The van der Waals surface area contributed by atoms with Crippen molar-refractivity contribution in [2.75, 3.05) is 37.7 Å². The van der Waals surface area contributed by atoms with Gasteiger partial charge in [-0.15, -0.1) is 0 Å². The van der Waals surface area contributed by atoms with Crippen LogP contribution in [0.25, 0.3) is 10.9 Å². The number of benzene rings is 1. The van der Waals surface area contributed by atoms with Crippen LogP contribution < -0.4 is 0 Å². The van der Waals surface area contributed by atoms with Crippen molar-refractivity contribution in [1.29, 1.82) is 0 Å². The first-order valence-electron chi connectivity index (χ1n) is 8.92. The lowest BCUT2D eigenvalue weighted by molar-refractivity contribution is -0.144. The number of sulfone groups is 1. The Labute approximate surface area is 152 Å². The Bertz CT molecular complexity index is 915. The van der Waals surface area contributed by atoms with Gasteiger partial charge in [-0.05, 0) is 12.5 Å². The summed E-state index contributed by atoms with van der Waals surface area (Å²) in [5.74, 6) is -0.352. The molecule has 1 aromatic carbocycles. The molecule has 2 fully saturated rings. The monoisotopic (exact) mass is 377 g/mol. The van der Waals surface area contributed by atoms with E-state index in [9.17, 15) is 18.3 Å². The van der Waals surface area contributed by atoms with Gasteiger partial charge in [-0.25, -0.2) is 8.42 Å². The minimum atomic E-state index is -2.90. The first kappa shape index (κ1) is 17.5. The van der Waals surface area contributed by atoms with Gasteiger partial charge < -0.3 is 10.1 Å². The van der Waals surface area contributed by atoms with Crippen molar-refractivity contribution < 1.29 is 18.3 Å². The molecule has 2 aliphatic heterocycles. The van der Waals surface area contributed by atoms with Gasteiger partial charge >= 0.3 is 5.97 Å². The second-order valence-electron chi connectivity index (χ2n) is 7.16. The lowest BCUT2D eigenvalue weighted by Crippen LogP contribution is -2.52. The predicted octanol–water partition coefficient (Wildman–Crippen LogP) is 1.10. The number of carboxylic acid groups (broad SMARTS) is 1. The number of aromatic nitrogens is 1. The Morgan fingerprint density at radius 3 is 2.58 bits per heavy atom. The summed E-state index contributed by atoms with van der Waals surface area (Å²) in [6, 6.07) is 7.11. The highest BCUT2D eigenvalue weighted by atomic mass is 32.2. The van der Waals surface area contributed by atoms with Crippen LogP contribution >= 0.6 is 0 Å². The molecule has 2 saturated heterocycles. The molecule has 7 nitrogen and oxygen atoms in total. The fourth-order valence-corrected chi connectivity index (χ4v) is 5.99. The van der Waals surface area contributed by atoms with Crippen LogP contribution in [-0.4, -0.2) is 78.0 Å². The van der Waals surface area contributed by atoms with E-state index in [1.807, 2.05) is 29.2 Å². The summed E-state index contributed by atoms with van der Waals surface area (Å²) in [5.41, 5.74) is 1.72. The van der Waals surface area contributed by atoms with E-state index in [0.29, 0.717) is 32.6 Å². The Hall–Kier alpha value is -1.90. The molecule has 0 amide bonds. The fraction of sp³-hybridized carbons (Fsp3) is 0.500. The summed E-state index contributed by atoms with van der Waals surface area (Å²) < 4.78 is 23.4. The molecule has 0 spiro atoms. The third-order valence-corrected chi connectivity index (χ3v) is 7.34. The zero-order valence-corrected chi connectivity index (χ0v) is 15.3. The number of nitrogens with one attached hydrogen (secondary N) is 1. The number of para-hydroxylation sites is 1. The van der Waals surface area contributed by atoms with E-state index < -0.39 is 21.8 Å². The minimum Gasteiger partial charge on any atom is -0.480 e. The first-order valence-corrected chi connectivity index (χ1v) is 10.7. The molecule has 2 N–H and O–H groups in total. The number of carbonyl (C=O) groups is 1. The van der Waals surface area contributed by atoms with Crippen molar-refractivity contribution in [3.63, 3.8) is 0 Å². The Morgan fingerprint density at radius 2 is 1.92 bits per heavy atom. The number of piperazine rings is 1. The van der Waals surface area contributed by atoms with E-state index in [1.54, 1.807) is 6.20 Å².